The van der Waals surface area contributed by atoms with Gasteiger partial charge < -0.3 is 19.9 Å². The predicted octanol–water partition coefficient (Wildman–Crippen LogP) is 1.87. The molecule has 0 bridgehead atoms. The Bertz CT molecular complexity index is 356. The zero-order chi connectivity index (χ0) is 14.5. The minimum Gasteiger partial charge on any atom is -0.382 e. The standard InChI is InChI=1S/C14H27N5O.HI/c1-3-20-12-5-4-7-17-14(15-2)18-8-6-10-19-11-9-16-13-19;/h9,11,13H,3-8,10,12H2,1-2H3,(H2,15,17,18);1H. The van der Waals surface area contributed by atoms with Gasteiger partial charge in [0, 0.05) is 52.3 Å². The van der Waals surface area contributed by atoms with Crippen LogP contribution < -0.4 is 10.6 Å². The Balaban J connectivity index is 0.00000400. The molecule has 0 radical (unpaired) electrons. The van der Waals surface area contributed by atoms with Gasteiger partial charge in [0.15, 0.2) is 5.96 Å². The van der Waals surface area contributed by atoms with E-state index in [0.717, 1.165) is 58.1 Å². The number of nitrogens with zero attached hydrogens (tertiary/aromatic N) is 3. The van der Waals surface area contributed by atoms with Gasteiger partial charge in [-0.05, 0) is 26.2 Å². The summed E-state index contributed by atoms with van der Waals surface area (Å²) in [5, 5.41) is 6.61. The highest BCUT2D eigenvalue weighted by molar-refractivity contribution is 14.0. The first-order valence-corrected chi connectivity index (χ1v) is 7.34. The zero-order valence-electron chi connectivity index (χ0n) is 13.0. The number of aryl methyl sites for hydroxylation is 1. The third-order valence-electron chi connectivity index (χ3n) is 2.88. The molecule has 0 fully saturated rings. The van der Waals surface area contributed by atoms with Gasteiger partial charge in [-0.2, -0.15) is 0 Å². The third-order valence-corrected chi connectivity index (χ3v) is 2.88. The van der Waals surface area contributed by atoms with Crippen molar-refractivity contribution in [2.75, 3.05) is 33.4 Å². The van der Waals surface area contributed by atoms with Crippen LogP contribution in [-0.4, -0.2) is 48.9 Å². The van der Waals surface area contributed by atoms with E-state index >= 15 is 0 Å². The number of rotatable bonds is 10. The Labute approximate surface area is 144 Å². The van der Waals surface area contributed by atoms with E-state index in [1.807, 2.05) is 19.4 Å². The minimum atomic E-state index is 0. The Morgan fingerprint density at radius 2 is 2.00 bits per heavy atom. The van der Waals surface area contributed by atoms with E-state index in [1.54, 1.807) is 13.2 Å². The van der Waals surface area contributed by atoms with Gasteiger partial charge in [-0.25, -0.2) is 4.98 Å². The van der Waals surface area contributed by atoms with Crippen LogP contribution in [0.3, 0.4) is 0 Å². The van der Waals surface area contributed by atoms with Crippen molar-refractivity contribution in [1.82, 2.24) is 20.2 Å². The second-order valence-electron chi connectivity index (χ2n) is 4.48. The van der Waals surface area contributed by atoms with Gasteiger partial charge in [0.05, 0.1) is 6.33 Å². The SMILES string of the molecule is CCOCCCCNC(=NC)NCCCn1ccnc1.I. The molecule has 1 heterocycles. The molecule has 6 nitrogen and oxygen atoms in total. The van der Waals surface area contributed by atoms with Crippen LogP contribution in [0.5, 0.6) is 0 Å². The Morgan fingerprint density at radius 1 is 1.24 bits per heavy atom. The lowest BCUT2D eigenvalue weighted by Gasteiger charge is -2.11. The molecule has 7 heteroatoms. The number of nitrogens with one attached hydrogen (secondary N) is 2. The summed E-state index contributed by atoms with van der Waals surface area (Å²) in [4.78, 5) is 8.22. The molecule has 0 unspecified atom stereocenters. The van der Waals surface area contributed by atoms with Gasteiger partial charge in [-0.1, -0.05) is 0 Å². The van der Waals surface area contributed by atoms with E-state index in [1.165, 1.54) is 0 Å². The number of unbranched alkanes of at least 4 members (excludes halogenated alkanes) is 1. The molecule has 21 heavy (non-hydrogen) atoms. The summed E-state index contributed by atoms with van der Waals surface area (Å²) in [6.45, 7) is 6.46. The summed E-state index contributed by atoms with van der Waals surface area (Å²) in [5.74, 6) is 0.868. The van der Waals surface area contributed by atoms with Crippen LogP contribution in [0.15, 0.2) is 23.7 Å². The van der Waals surface area contributed by atoms with Gasteiger partial charge >= 0.3 is 0 Å². The van der Waals surface area contributed by atoms with Crippen molar-refractivity contribution in [3.05, 3.63) is 18.7 Å². The molecule has 0 spiro atoms. The van der Waals surface area contributed by atoms with Gasteiger partial charge in [0.2, 0.25) is 0 Å². The molecule has 1 rings (SSSR count). The maximum absolute atomic E-state index is 5.30. The van der Waals surface area contributed by atoms with E-state index in [-0.39, 0.29) is 24.0 Å². The lowest BCUT2D eigenvalue weighted by Crippen LogP contribution is -2.38. The Morgan fingerprint density at radius 3 is 2.62 bits per heavy atom. The van der Waals surface area contributed by atoms with Crippen LogP contribution in [-0.2, 0) is 11.3 Å². The predicted molar refractivity (Wildman–Crippen MR) is 97.4 cm³/mol. The first kappa shape index (κ1) is 20.2. The smallest absolute Gasteiger partial charge is 0.190 e. The van der Waals surface area contributed by atoms with E-state index in [9.17, 15) is 0 Å². The van der Waals surface area contributed by atoms with E-state index in [4.69, 9.17) is 4.74 Å². The lowest BCUT2D eigenvalue weighted by molar-refractivity contribution is 0.143. The Kier molecular flexibility index (Phi) is 13.6. The molecule has 1 aromatic rings. The van der Waals surface area contributed by atoms with E-state index in [2.05, 4.69) is 25.2 Å². The summed E-state index contributed by atoms with van der Waals surface area (Å²) < 4.78 is 7.38. The highest BCUT2D eigenvalue weighted by Crippen LogP contribution is 1.90. The molecule has 0 amide bonds. The number of ether oxygens (including phenoxy) is 1. The third kappa shape index (κ3) is 10.5. The first-order valence-electron chi connectivity index (χ1n) is 7.34. The number of aliphatic imine (C=N–C) groups is 1. The van der Waals surface area contributed by atoms with Crippen LogP contribution in [0.2, 0.25) is 0 Å². The van der Waals surface area contributed by atoms with Crippen molar-refractivity contribution in [3.63, 3.8) is 0 Å². The van der Waals surface area contributed by atoms with Gasteiger partial charge in [-0.15, -0.1) is 24.0 Å². The summed E-state index contributed by atoms with van der Waals surface area (Å²) in [7, 11) is 1.80. The average Bonchev–Trinajstić information content (AvgIpc) is 2.98. The van der Waals surface area contributed by atoms with E-state index in [0.29, 0.717) is 0 Å². The quantitative estimate of drug-likeness (QED) is 0.268. The number of guanidine groups is 1. The maximum atomic E-state index is 5.30. The monoisotopic (exact) mass is 409 g/mol. The maximum Gasteiger partial charge on any atom is 0.190 e. The minimum absolute atomic E-state index is 0. The molecule has 0 aliphatic carbocycles. The molecule has 0 aliphatic rings. The molecular weight excluding hydrogens is 381 g/mol. The first-order chi connectivity index (χ1) is 9.86. The number of aromatic nitrogens is 2. The van der Waals surface area contributed by atoms with Gasteiger partial charge in [0.25, 0.3) is 0 Å². The van der Waals surface area contributed by atoms with Crippen molar-refractivity contribution in [3.8, 4) is 0 Å². The number of hydrogen-bond acceptors (Lipinski definition) is 3. The molecular formula is C14H28IN5O. The largest absolute Gasteiger partial charge is 0.382 e. The summed E-state index contributed by atoms with van der Waals surface area (Å²) in [5.41, 5.74) is 0. The fourth-order valence-electron chi connectivity index (χ4n) is 1.79. The van der Waals surface area contributed by atoms with E-state index < -0.39 is 0 Å². The van der Waals surface area contributed by atoms with Crippen molar-refractivity contribution >= 4 is 29.9 Å². The molecule has 0 saturated heterocycles. The second-order valence-corrected chi connectivity index (χ2v) is 4.48. The fourth-order valence-corrected chi connectivity index (χ4v) is 1.79. The van der Waals surface area contributed by atoms with Gasteiger partial charge in [0.1, 0.15) is 0 Å². The van der Waals surface area contributed by atoms with Crippen LogP contribution in [0, 0.1) is 0 Å². The zero-order valence-corrected chi connectivity index (χ0v) is 15.4. The molecule has 0 aromatic carbocycles. The van der Waals surface area contributed by atoms with Crippen LogP contribution in [0.25, 0.3) is 0 Å². The molecule has 122 valence electrons. The molecule has 0 atom stereocenters. The number of imidazole rings is 1. The van der Waals surface area contributed by atoms with Crippen LogP contribution >= 0.6 is 24.0 Å². The van der Waals surface area contributed by atoms with Gasteiger partial charge in [-0.3, -0.25) is 4.99 Å². The average molecular weight is 409 g/mol. The van der Waals surface area contributed by atoms with Crippen molar-refractivity contribution < 1.29 is 4.74 Å². The van der Waals surface area contributed by atoms with Crippen molar-refractivity contribution in [1.29, 1.82) is 0 Å². The van der Waals surface area contributed by atoms with Crippen molar-refractivity contribution in [2.45, 2.75) is 32.7 Å². The second kappa shape index (κ2) is 14.1. The lowest BCUT2D eigenvalue weighted by atomic mass is 10.3. The summed E-state index contributed by atoms with van der Waals surface area (Å²) >= 11 is 0. The highest BCUT2D eigenvalue weighted by atomic mass is 127. The highest BCUT2D eigenvalue weighted by Gasteiger charge is 1.97. The summed E-state index contributed by atoms with van der Waals surface area (Å²) in [6.07, 6.45) is 8.84. The normalized spacial score (nSPS) is 11.0. The fraction of sp³-hybridized carbons (Fsp3) is 0.714. The molecule has 0 saturated carbocycles. The number of halogens is 1. The molecule has 2 N–H and O–H groups in total. The molecule has 0 aliphatic heterocycles. The van der Waals surface area contributed by atoms with Crippen LogP contribution in [0.4, 0.5) is 0 Å². The molecule has 1 aromatic heterocycles. The van der Waals surface area contributed by atoms with Crippen molar-refractivity contribution in [2.24, 2.45) is 4.99 Å². The topological polar surface area (TPSA) is 63.5 Å². The summed E-state index contributed by atoms with van der Waals surface area (Å²) in [6, 6.07) is 0. The van der Waals surface area contributed by atoms with Crippen LogP contribution in [0.1, 0.15) is 26.2 Å². The number of hydrogen-bond donors (Lipinski definition) is 2. The Hall–Kier alpha value is -0.830.